The van der Waals surface area contributed by atoms with Crippen molar-refractivity contribution in [2.75, 3.05) is 6.54 Å². The Labute approximate surface area is 141 Å². The zero-order valence-corrected chi connectivity index (χ0v) is 13.5. The molecule has 0 N–H and O–H groups in total. The van der Waals surface area contributed by atoms with Crippen LogP contribution in [0.25, 0.3) is 11.5 Å². The van der Waals surface area contributed by atoms with Crippen LogP contribution in [0.5, 0.6) is 0 Å². The van der Waals surface area contributed by atoms with Crippen molar-refractivity contribution in [1.82, 2.24) is 15.0 Å². The third-order valence-electron chi connectivity index (χ3n) is 4.04. The topological polar surface area (TPSA) is 59.2 Å². The lowest BCUT2D eigenvalue weighted by molar-refractivity contribution is -0.128. The SMILES string of the molecule is O=C1C[C@@H](c2noc(-c3ccc(F)cc3)n2)CN1Cc1cccs1. The average molecular weight is 343 g/mol. The Morgan fingerprint density at radius 2 is 2.12 bits per heavy atom. The van der Waals surface area contributed by atoms with E-state index >= 15 is 0 Å². The molecule has 5 nitrogen and oxygen atoms in total. The first kappa shape index (κ1) is 15.0. The predicted molar refractivity (Wildman–Crippen MR) is 86.8 cm³/mol. The van der Waals surface area contributed by atoms with Crippen molar-refractivity contribution in [3.05, 3.63) is 58.3 Å². The molecule has 0 aliphatic carbocycles. The number of hydrogen-bond acceptors (Lipinski definition) is 5. The predicted octanol–water partition coefficient (Wildman–Crippen LogP) is 3.45. The van der Waals surface area contributed by atoms with Gasteiger partial charge in [-0.3, -0.25) is 4.79 Å². The second-order valence-corrected chi connectivity index (χ2v) is 6.75. The molecule has 0 radical (unpaired) electrons. The Hall–Kier alpha value is -2.54. The lowest BCUT2D eigenvalue weighted by atomic mass is 10.1. The van der Waals surface area contributed by atoms with Gasteiger partial charge in [0.15, 0.2) is 5.82 Å². The summed E-state index contributed by atoms with van der Waals surface area (Å²) in [5.41, 5.74) is 0.662. The number of carbonyl (C=O) groups is 1. The zero-order chi connectivity index (χ0) is 16.5. The van der Waals surface area contributed by atoms with Gasteiger partial charge in [-0.2, -0.15) is 4.98 Å². The number of likely N-dealkylation sites (tertiary alicyclic amines) is 1. The van der Waals surface area contributed by atoms with E-state index in [1.807, 2.05) is 22.4 Å². The molecule has 3 aromatic rings. The fraction of sp³-hybridized carbons (Fsp3) is 0.235. The first-order valence-corrected chi connectivity index (χ1v) is 8.47. The van der Waals surface area contributed by atoms with E-state index in [4.69, 9.17) is 4.52 Å². The van der Waals surface area contributed by atoms with Gasteiger partial charge >= 0.3 is 0 Å². The molecular weight excluding hydrogens is 329 g/mol. The summed E-state index contributed by atoms with van der Waals surface area (Å²) in [5.74, 6) is 0.576. The van der Waals surface area contributed by atoms with Crippen molar-refractivity contribution < 1.29 is 13.7 Å². The van der Waals surface area contributed by atoms with Gasteiger partial charge in [-0.15, -0.1) is 11.3 Å². The molecule has 0 spiro atoms. The third kappa shape index (κ3) is 2.94. The molecule has 0 bridgehead atoms. The molecule has 1 aromatic carbocycles. The van der Waals surface area contributed by atoms with Crippen LogP contribution in [0.1, 0.15) is 23.0 Å². The average Bonchev–Trinajstić information content (AvgIpc) is 3.31. The van der Waals surface area contributed by atoms with Crippen molar-refractivity contribution in [3.63, 3.8) is 0 Å². The summed E-state index contributed by atoms with van der Waals surface area (Å²) in [6.07, 6.45) is 0.383. The molecule has 7 heteroatoms. The Balaban J connectivity index is 1.49. The molecule has 1 saturated heterocycles. The molecule has 2 aromatic heterocycles. The molecule has 1 aliphatic rings. The van der Waals surface area contributed by atoms with E-state index in [0.717, 1.165) is 4.88 Å². The molecular formula is C17H14FN3O2S. The van der Waals surface area contributed by atoms with Crippen molar-refractivity contribution >= 4 is 17.2 Å². The minimum absolute atomic E-state index is 0.0737. The number of hydrogen-bond donors (Lipinski definition) is 0. The molecule has 1 aliphatic heterocycles. The molecule has 24 heavy (non-hydrogen) atoms. The molecule has 4 rings (SSSR count). The van der Waals surface area contributed by atoms with Gasteiger partial charge in [-0.25, -0.2) is 4.39 Å². The van der Waals surface area contributed by atoms with Gasteiger partial charge in [0.05, 0.1) is 6.54 Å². The minimum atomic E-state index is -0.316. The number of amides is 1. The van der Waals surface area contributed by atoms with Gasteiger partial charge < -0.3 is 9.42 Å². The first-order valence-electron chi connectivity index (χ1n) is 7.59. The molecule has 3 heterocycles. The molecule has 1 amide bonds. The van der Waals surface area contributed by atoms with Gasteiger partial charge in [0, 0.05) is 29.3 Å². The van der Waals surface area contributed by atoms with Gasteiger partial charge in [0.2, 0.25) is 5.91 Å². The highest BCUT2D eigenvalue weighted by Gasteiger charge is 2.33. The second-order valence-electron chi connectivity index (χ2n) is 5.72. The summed E-state index contributed by atoms with van der Waals surface area (Å²) in [6.45, 7) is 1.20. The van der Waals surface area contributed by atoms with Crippen LogP contribution in [-0.2, 0) is 11.3 Å². The van der Waals surface area contributed by atoms with Crippen LogP contribution in [0, 0.1) is 5.82 Å². The number of rotatable bonds is 4. The summed E-state index contributed by atoms with van der Waals surface area (Å²) >= 11 is 1.64. The van der Waals surface area contributed by atoms with Crippen LogP contribution in [0.15, 0.2) is 46.3 Å². The van der Waals surface area contributed by atoms with E-state index in [9.17, 15) is 9.18 Å². The largest absolute Gasteiger partial charge is 0.337 e. The van der Waals surface area contributed by atoms with Gasteiger partial charge in [-0.05, 0) is 35.7 Å². The van der Waals surface area contributed by atoms with Crippen LogP contribution in [0.2, 0.25) is 0 Å². The zero-order valence-electron chi connectivity index (χ0n) is 12.7. The molecule has 0 unspecified atom stereocenters. The Morgan fingerprint density at radius 3 is 2.88 bits per heavy atom. The van der Waals surface area contributed by atoms with Crippen LogP contribution < -0.4 is 0 Å². The lowest BCUT2D eigenvalue weighted by Crippen LogP contribution is -2.23. The van der Waals surface area contributed by atoms with Gasteiger partial charge in [0.1, 0.15) is 5.82 Å². The van der Waals surface area contributed by atoms with E-state index < -0.39 is 0 Å². The number of nitrogens with zero attached hydrogens (tertiary/aromatic N) is 3. The van der Waals surface area contributed by atoms with E-state index in [-0.39, 0.29) is 17.6 Å². The lowest BCUT2D eigenvalue weighted by Gasteiger charge is -2.14. The minimum Gasteiger partial charge on any atom is -0.337 e. The molecule has 1 atom stereocenters. The Bertz CT molecular complexity index is 845. The summed E-state index contributed by atoms with van der Waals surface area (Å²) < 4.78 is 18.3. The summed E-state index contributed by atoms with van der Waals surface area (Å²) in [4.78, 5) is 19.6. The van der Waals surface area contributed by atoms with Crippen LogP contribution in [-0.4, -0.2) is 27.5 Å². The highest BCUT2D eigenvalue weighted by atomic mass is 32.1. The summed E-state index contributed by atoms with van der Waals surface area (Å²) in [7, 11) is 0. The Kier molecular flexibility index (Phi) is 3.86. The van der Waals surface area contributed by atoms with E-state index in [2.05, 4.69) is 10.1 Å². The number of carbonyl (C=O) groups excluding carboxylic acids is 1. The molecule has 1 fully saturated rings. The normalized spacial score (nSPS) is 17.6. The summed E-state index contributed by atoms with van der Waals surface area (Å²) in [6, 6.07) is 9.88. The number of thiophene rings is 1. The summed E-state index contributed by atoms with van der Waals surface area (Å²) in [5, 5.41) is 6.01. The highest BCUT2D eigenvalue weighted by molar-refractivity contribution is 7.09. The van der Waals surface area contributed by atoms with Crippen molar-refractivity contribution in [3.8, 4) is 11.5 Å². The van der Waals surface area contributed by atoms with E-state index in [1.165, 1.54) is 12.1 Å². The van der Waals surface area contributed by atoms with Crippen molar-refractivity contribution in [2.45, 2.75) is 18.9 Å². The highest BCUT2D eigenvalue weighted by Crippen LogP contribution is 2.29. The van der Waals surface area contributed by atoms with E-state index in [1.54, 1.807) is 23.5 Å². The second kappa shape index (κ2) is 6.16. The van der Waals surface area contributed by atoms with Crippen molar-refractivity contribution in [2.24, 2.45) is 0 Å². The smallest absolute Gasteiger partial charge is 0.257 e. The standard InChI is InChI=1S/C17H14FN3O2S/c18-13-5-3-11(4-6-13)17-19-16(20-23-17)12-8-15(22)21(9-12)10-14-2-1-7-24-14/h1-7,12H,8-10H2/t12-/m1/s1. The van der Waals surface area contributed by atoms with Crippen LogP contribution >= 0.6 is 11.3 Å². The molecule has 0 saturated carbocycles. The van der Waals surface area contributed by atoms with Gasteiger partial charge in [0.25, 0.3) is 5.89 Å². The Morgan fingerprint density at radius 1 is 1.29 bits per heavy atom. The van der Waals surface area contributed by atoms with E-state index in [0.29, 0.717) is 36.8 Å². The monoisotopic (exact) mass is 343 g/mol. The van der Waals surface area contributed by atoms with Crippen LogP contribution in [0.4, 0.5) is 4.39 Å². The number of benzene rings is 1. The fourth-order valence-corrected chi connectivity index (χ4v) is 3.52. The first-order chi connectivity index (χ1) is 11.7. The van der Waals surface area contributed by atoms with Gasteiger partial charge in [-0.1, -0.05) is 11.2 Å². The maximum Gasteiger partial charge on any atom is 0.257 e. The fourth-order valence-electron chi connectivity index (χ4n) is 2.80. The molecule has 122 valence electrons. The van der Waals surface area contributed by atoms with Crippen molar-refractivity contribution in [1.29, 1.82) is 0 Å². The maximum atomic E-state index is 13.0. The number of halogens is 1. The quantitative estimate of drug-likeness (QED) is 0.728. The third-order valence-corrected chi connectivity index (χ3v) is 4.90. The van der Waals surface area contributed by atoms with Crippen LogP contribution in [0.3, 0.4) is 0 Å². The number of aromatic nitrogens is 2. The maximum absolute atomic E-state index is 13.0.